The van der Waals surface area contributed by atoms with E-state index < -0.39 is 0 Å². The van der Waals surface area contributed by atoms with Gasteiger partial charge in [0.25, 0.3) is 0 Å². The summed E-state index contributed by atoms with van der Waals surface area (Å²) in [6.45, 7) is 4.50. The molecule has 0 unspecified atom stereocenters. The number of nitrogens with zero attached hydrogens (tertiary/aromatic N) is 5. The normalized spacial score (nSPS) is 12.3. The molecule has 0 bridgehead atoms. The van der Waals surface area contributed by atoms with Gasteiger partial charge < -0.3 is 0 Å². The number of benzene rings is 8. The van der Waals surface area contributed by atoms with E-state index in [9.17, 15) is 5.26 Å². The lowest BCUT2D eigenvalue weighted by Gasteiger charge is -2.22. The first-order valence-electron chi connectivity index (χ1n) is 21.8. The van der Waals surface area contributed by atoms with E-state index in [1.165, 1.54) is 22.3 Å². The molecule has 0 amide bonds. The first-order chi connectivity index (χ1) is 31.9. The van der Waals surface area contributed by atoms with Crippen LogP contribution in [0.25, 0.3) is 101 Å². The molecule has 1 aliphatic carbocycles. The molecule has 0 N–H and O–H groups in total. The summed E-state index contributed by atoms with van der Waals surface area (Å²) in [5, 5.41) is 9.80. The summed E-state index contributed by atoms with van der Waals surface area (Å²) in [6.07, 6.45) is 0. The molecule has 306 valence electrons. The van der Waals surface area contributed by atoms with Crippen molar-refractivity contribution in [2.75, 3.05) is 0 Å². The zero-order chi connectivity index (χ0) is 43.9. The van der Waals surface area contributed by atoms with Crippen molar-refractivity contribution in [2.24, 2.45) is 0 Å². The van der Waals surface area contributed by atoms with Crippen LogP contribution in [0.3, 0.4) is 0 Å². The molecule has 5 nitrogen and oxygen atoms in total. The van der Waals surface area contributed by atoms with Gasteiger partial charge in [-0.25, -0.2) is 19.9 Å². The number of hydrogen-bond acceptors (Lipinski definition) is 5. The molecule has 65 heavy (non-hydrogen) atoms. The van der Waals surface area contributed by atoms with Gasteiger partial charge >= 0.3 is 0 Å². The summed E-state index contributed by atoms with van der Waals surface area (Å²) in [4.78, 5) is 20.9. The highest BCUT2D eigenvalue weighted by atomic mass is 14.9. The number of nitriles is 1. The molecule has 0 spiro atoms. The third kappa shape index (κ3) is 7.48. The molecule has 0 atom stereocenters. The largest absolute Gasteiger partial charge is 0.228 e. The molecule has 0 saturated carbocycles. The average molecular weight is 832 g/mol. The van der Waals surface area contributed by atoms with Crippen LogP contribution < -0.4 is 0 Å². The number of aromatic nitrogens is 4. The molecule has 2 heterocycles. The Bertz CT molecular complexity index is 3370. The summed E-state index contributed by atoms with van der Waals surface area (Å²) < 4.78 is 0. The summed E-state index contributed by atoms with van der Waals surface area (Å²) in [5.74, 6) is 1.29. The highest BCUT2D eigenvalue weighted by Gasteiger charge is 2.36. The van der Waals surface area contributed by atoms with Crippen molar-refractivity contribution < 1.29 is 0 Å². The second-order valence-corrected chi connectivity index (χ2v) is 17.0. The first-order valence-corrected chi connectivity index (χ1v) is 21.8. The standard InChI is InChI=1S/C60H41N5/c1-60(2)52-31-39(38-61)23-29-50(52)51-30-28-46(35-53(51)60)47-32-48(56-36-54(42-17-9-4-10-18-42)62-58(64-56)44-19-11-5-12-20-44)34-49(33-47)57-37-55(63-59(65-57)45-21-13-6-14-22-45)43-26-24-41(25-27-43)40-15-7-3-8-16-40/h3-37H,1-2H3. The van der Waals surface area contributed by atoms with E-state index in [0.717, 1.165) is 78.4 Å². The van der Waals surface area contributed by atoms with E-state index in [2.05, 4.69) is 159 Å². The van der Waals surface area contributed by atoms with Gasteiger partial charge in [-0.2, -0.15) is 5.26 Å². The Morgan fingerprint density at radius 3 is 1.20 bits per heavy atom. The number of hydrogen-bond donors (Lipinski definition) is 0. The summed E-state index contributed by atoms with van der Waals surface area (Å²) in [6, 6.07) is 75.7. The fourth-order valence-electron chi connectivity index (χ4n) is 9.07. The van der Waals surface area contributed by atoms with Crippen molar-refractivity contribution in [1.82, 2.24) is 19.9 Å². The Morgan fingerprint density at radius 2 is 0.692 bits per heavy atom. The van der Waals surface area contributed by atoms with Crippen molar-refractivity contribution in [2.45, 2.75) is 19.3 Å². The van der Waals surface area contributed by atoms with Gasteiger partial charge in [-0.15, -0.1) is 0 Å². The molecule has 2 aromatic heterocycles. The third-order valence-electron chi connectivity index (χ3n) is 12.5. The average Bonchev–Trinajstić information content (AvgIpc) is 3.61. The Balaban J connectivity index is 1.12. The van der Waals surface area contributed by atoms with Gasteiger partial charge in [-0.1, -0.05) is 178 Å². The topological polar surface area (TPSA) is 75.3 Å². The summed E-state index contributed by atoms with van der Waals surface area (Å²) in [7, 11) is 0. The number of rotatable bonds is 8. The van der Waals surface area contributed by atoms with Crippen molar-refractivity contribution in [1.29, 1.82) is 5.26 Å². The van der Waals surface area contributed by atoms with Gasteiger partial charge in [0.15, 0.2) is 11.6 Å². The van der Waals surface area contributed by atoms with Crippen LogP contribution in [0.1, 0.15) is 30.5 Å². The minimum atomic E-state index is -0.308. The molecule has 0 aliphatic heterocycles. The fourth-order valence-corrected chi connectivity index (χ4v) is 9.07. The molecule has 10 aromatic rings. The van der Waals surface area contributed by atoms with Crippen molar-refractivity contribution >= 4 is 0 Å². The smallest absolute Gasteiger partial charge is 0.160 e. The van der Waals surface area contributed by atoms with Crippen LogP contribution in [0, 0.1) is 11.3 Å². The van der Waals surface area contributed by atoms with Crippen molar-refractivity contribution in [3.8, 4) is 107 Å². The molecular weight excluding hydrogens is 791 g/mol. The van der Waals surface area contributed by atoms with Crippen LogP contribution in [-0.2, 0) is 5.41 Å². The molecule has 8 aromatic carbocycles. The quantitative estimate of drug-likeness (QED) is 0.152. The Labute approximate surface area is 379 Å². The zero-order valence-corrected chi connectivity index (χ0v) is 35.9. The lowest BCUT2D eigenvalue weighted by molar-refractivity contribution is 0.660. The molecule has 0 saturated heterocycles. The van der Waals surface area contributed by atoms with Gasteiger partial charge in [0, 0.05) is 38.8 Å². The summed E-state index contributed by atoms with van der Waals surface area (Å²) in [5.41, 5.74) is 18.5. The lowest BCUT2D eigenvalue weighted by Crippen LogP contribution is -2.15. The van der Waals surface area contributed by atoms with Crippen molar-refractivity contribution in [3.63, 3.8) is 0 Å². The van der Waals surface area contributed by atoms with Gasteiger partial charge in [0.05, 0.1) is 34.4 Å². The fraction of sp³-hybridized carbons (Fsp3) is 0.0500. The Hall–Kier alpha value is -8.59. The third-order valence-corrected chi connectivity index (χ3v) is 12.5. The molecular formula is C60H41N5. The van der Waals surface area contributed by atoms with Gasteiger partial charge in [0.2, 0.25) is 0 Å². The molecule has 5 heteroatoms. The molecule has 0 radical (unpaired) electrons. The van der Waals surface area contributed by atoms with E-state index in [4.69, 9.17) is 19.9 Å². The molecule has 11 rings (SSSR count). The highest BCUT2D eigenvalue weighted by molar-refractivity contribution is 5.87. The predicted molar refractivity (Wildman–Crippen MR) is 263 cm³/mol. The maximum atomic E-state index is 9.80. The van der Waals surface area contributed by atoms with Crippen LogP contribution in [0.5, 0.6) is 0 Å². The van der Waals surface area contributed by atoms with E-state index in [-0.39, 0.29) is 5.41 Å². The first kappa shape index (κ1) is 39.3. The summed E-state index contributed by atoms with van der Waals surface area (Å²) >= 11 is 0. The second-order valence-electron chi connectivity index (χ2n) is 17.0. The van der Waals surface area contributed by atoms with E-state index in [1.54, 1.807) is 0 Å². The van der Waals surface area contributed by atoms with Crippen LogP contribution in [-0.4, -0.2) is 19.9 Å². The van der Waals surface area contributed by atoms with Crippen LogP contribution in [0.15, 0.2) is 212 Å². The van der Waals surface area contributed by atoms with E-state index in [1.807, 2.05) is 72.8 Å². The minimum Gasteiger partial charge on any atom is -0.228 e. The van der Waals surface area contributed by atoms with Gasteiger partial charge in [0.1, 0.15) is 0 Å². The van der Waals surface area contributed by atoms with Crippen LogP contribution in [0.2, 0.25) is 0 Å². The maximum absolute atomic E-state index is 9.80. The predicted octanol–water partition coefficient (Wildman–Crippen LogP) is 14.8. The minimum absolute atomic E-state index is 0.308. The van der Waals surface area contributed by atoms with E-state index >= 15 is 0 Å². The zero-order valence-electron chi connectivity index (χ0n) is 35.9. The highest BCUT2D eigenvalue weighted by Crippen LogP contribution is 2.50. The van der Waals surface area contributed by atoms with Crippen LogP contribution >= 0.6 is 0 Å². The van der Waals surface area contributed by atoms with E-state index in [0.29, 0.717) is 17.2 Å². The number of fused-ring (bicyclic) bond motifs is 3. The maximum Gasteiger partial charge on any atom is 0.160 e. The van der Waals surface area contributed by atoms with Crippen LogP contribution in [0.4, 0.5) is 0 Å². The SMILES string of the molecule is CC1(C)c2cc(C#N)ccc2-c2ccc(-c3cc(-c4cc(-c5ccccc5)nc(-c5ccccc5)n4)cc(-c4cc(-c5ccc(-c6ccccc6)cc5)nc(-c5ccccc5)n4)c3)cc21. The molecule has 0 fully saturated rings. The Morgan fingerprint density at radius 1 is 0.323 bits per heavy atom. The molecule has 1 aliphatic rings. The van der Waals surface area contributed by atoms with Gasteiger partial charge in [-0.05, 0) is 93.0 Å². The monoisotopic (exact) mass is 831 g/mol. The Kier molecular flexibility index (Phi) is 9.83. The lowest BCUT2D eigenvalue weighted by atomic mass is 9.81. The van der Waals surface area contributed by atoms with Gasteiger partial charge in [-0.3, -0.25) is 0 Å². The van der Waals surface area contributed by atoms with Crippen molar-refractivity contribution in [3.05, 3.63) is 229 Å². The second kappa shape index (κ2) is 16.3.